The first-order chi connectivity index (χ1) is 18.0. The van der Waals surface area contributed by atoms with Crippen LogP contribution in [0.5, 0.6) is 0 Å². The number of hydrogen-bond acceptors (Lipinski definition) is 5. The van der Waals surface area contributed by atoms with E-state index in [1.54, 1.807) is 18.2 Å². The summed E-state index contributed by atoms with van der Waals surface area (Å²) in [4.78, 5) is 25.7. The van der Waals surface area contributed by atoms with Gasteiger partial charge < -0.3 is 11.1 Å². The summed E-state index contributed by atoms with van der Waals surface area (Å²) in [5.74, 6) is -0.938. The van der Waals surface area contributed by atoms with Gasteiger partial charge in [0, 0.05) is 41.7 Å². The molecule has 1 aliphatic heterocycles. The standard InChI is InChI=1S/C27H28Cl2N4O4S/c1-38(36,37)33(23-7-3-5-20(15-23)27(35)31-13-12-25(30)34)24-16-32(17-24)26(18-8-10-21(28)11-9-18)19-4-2-6-22(29)14-19/h2-11,14-15,24,26H,12-13,16-17H2,1H3,(H2,30,34)(H,31,35). The number of primary amides is 1. The van der Waals surface area contributed by atoms with Crippen molar-refractivity contribution in [2.24, 2.45) is 5.73 Å². The number of likely N-dealkylation sites (tertiary alicyclic amines) is 1. The van der Waals surface area contributed by atoms with E-state index in [1.807, 2.05) is 48.5 Å². The van der Waals surface area contributed by atoms with Crippen molar-refractivity contribution in [1.82, 2.24) is 10.2 Å². The molecule has 1 heterocycles. The second-order valence-electron chi connectivity index (χ2n) is 9.20. The van der Waals surface area contributed by atoms with Crippen molar-refractivity contribution in [3.63, 3.8) is 0 Å². The van der Waals surface area contributed by atoms with Crippen LogP contribution in [0.4, 0.5) is 5.69 Å². The van der Waals surface area contributed by atoms with Crippen molar-refractivity contribution in [2.75, 3.05) is 30.2 Å². The van der Waals surface area contributed by atoms with Crippen molar-refractivity contribution >= 4 is 50.7 Å². The monoisotopic (exact) mass is 574 g/mol. The number of carbonyl (C=O) groups is 2. The van der Waals surface area contributed by atoms with E-state index in [9.17, 15) is 18.0 Å². The molecule has 1 fully saturated rings. The van der Waals surface area contributed by atoms with Crippen LogP contribution >= 0.6 is 23.2 Å². The molecule has 0 spiro atoms. The Kier molecular flexibility index (Phi) is 8.62. The maximum Gasteiger partial charge on any atom is 0.251 e. The van der Waals surface area contributed by atoms with Gasteiger partial charge in [0.25, 0.3) is 5.91 Å². The minimum Gasteiger partial charge on any atom is -0.370 e. The Bertz CT molecular complexity index is 1430. The largest absolute Gasteiger partial charge is 0.370 e. The van der Waals surface area contributed by atoms with Crippen molar-refractivity contribution in [3.8, 4) is 0 Å². The van der Waals surface area contributed by atoms with Crippen LogP contribution in [0.2, 0.25) is 10.0 Å². The first-order valence-electron chi connectivity index (χ1n) is 11.9. The van der Waals surface area contributed by atoms with Crippen molar-refractivity contribution < 1.29 is 18.0 Å². The van der Waals surface area contributed by atoms with Crippen LogP contribution in [0.25, 0.3) is 0 Å². The number of benzene rings is 3. The molecule has 200 valence electrons. The Balaban J connectivity index is 1.57. The SMILES string of the molecule is CS(=O)(=O)N(c1cccc(C(=O)NCCC(N)=O)c1)C1CN(C(c2ccc(Cl)cc2)c2cccc(Cl)c2)C1. The van der Waals surface area contributed by atoms with E-state index in [1.165, 1.54) is 10.4 Å². The number of halogens is 2. The molecule has 1 aliphatic rings. The molecule has 1 unspecified atom stereocenters. The molecule has 0 radical (unpaired) electrons. The quantitative estimate of drug-likeness (QED) is 0.382. The normalized spacial score (nSPS) is 14.9. The summed E-state index contributed by atoms with van der Waals surface area (Å²) in [5.41, 5.74) is 7.80. The summed E-state index contributed by atoms with van der Waals surface area (Å²) in [5, 5.41) is 3.86. The first kappa shape index (κ1) is 27.9. The van der Waals surface area contributed by atoms with Gasteiger partial charge in [0.1, 0.15) is 0 Å². The van der Waals surface area contributed by atoms with Crippen LogP contribution in [-0.2, 0) is 14.8 Å². The smallest absolute Gasteiger partial charge is 0.251 e. The summed E-state index contributed by atoms with van der Waals surface area (Å²) >= 11 is 12.4. The topological polar surface area (TPSA) is 113 Å². The number of anilines is 1. The fourth-order valence-corrected chi connectivity index (χ4v) is 6.14. The zero-order valence-corrected chi connectivity index (χ0v) is 23.0. The van der Waals surface area contributed by atoms with Gasteiger partial charge in [-0.3, -0.25) is 18.8 Å². The number of hydrogen-bond donors (Lipinski definition) is 2. The zero-order chi connectivity index (χ0) is 27.4. The predicted molar refractivity (Wildman–Crippen MR) is 150 cm³/mol. The maximum atomic E-state index is 12.9. The highest BCUT2D eigenvalue weighted by atomic mass is 35.5. The van der Waals surface area contributed by atoms with E-state index in [0.29, 0.717) is 28.8 Å². The number of amides is 2. The van der Waals surface area contributed by atoms with Crippen molar-refractivity contribution in [3.05, 3.63) is 99.5 Å². The summed E-state index contributed by atoms with van der Waals surface area (Å²) in [6, 6.07) is 21.1. The summed E-state index contributed by atoms with van der Waals surface area (Å²) in [6.07, 6.45) is 1.17. The second kappa shape index (κ2) is 11.7. The summed E-state index contributed by atoms with van der Waals surface area (Å²) < 4.78 is 27.2. The molecule has 3 N–H and O–H groups in total. The number of rotatable bonds is 10. The molecule has 8 nitrogen and oxygen atoms in total. The fraction of sp³-hybridized carbons (Fsp3) is 0.259. The van der Waals surface area contributed by atoms with Gasteiger partial charge in [-0.2, -0.15) is 0 Å². The molecule has 3 aromatic rings. The Morgan fingerprint density at radius 1 is 1.00 bits per heavy atom. The first-order valence-corrected chi connectivity index (χ1v) is 14.5. The highest BCUT2D eigenvalue weighted by Crippen LogP contribution is 2.37. The van der Waals surface area contributed by atoms with Gasteiger partial charge in [-0.05, 0) is 53.6 Å². The van der Waals surface area contributed by atoms with Crippen LogP contribution in [0.15, 0.2) is 72.8 Å². The number of nitrogens with zero attached hydrogens (tertiary/aromatic N) is 2. The summed E-state index contributed by atoms with van der Waals surface area (Å²) in [6.45, 7) is 1.02. The van der Waals surface area contributed by atoms with Crippen molar-refractivity contribution in [1.29, 1.82) is 0 Å². The lowest BCUT2D eigenvalue weighted by Crippen LogP contribution is -2.61. The van der Waals surface area contributed by atoms with E-state index in [4.69, 9.17) is 28.9 Å². The zero-order valence-electron chi connectivity index (χ0n) is 20.7. The predicted octanol–water partition coefficient (Wildman–Crippen LogP) is 3.84. The molecule has 1 saturated heterocycles. The van der Waals surface area contributed by atoms with Gasteiger partial charge in [-0.25, -0.2) is 8.42 Å². The highest BCUT2D eigenvalue weighted by molar-refractivity contribution is 7.92. The molecule has 2 amide bonds. The molecule has 38 heavy (non-hydrogen) atoms. The maximum absolute atomic E-state index is 12.9. The number of sulfonamides is 1. The molecule has 1 atom stereocenters. The Hall–Kier alpha value is -3.11. The molecule has 11 heteroatoms. The van der Waals surface area contributed by atoms with E-state index < -0.39 is 21.8 Å². The van der Waals surface area contributed by atoms with Gasteiger partial charge in [-0.15, -0.1) is 0 Å². The van der Waals surface area contributed by atoms with E-state index in [2.05, 4.69) is 10.2 Å². The molecule has 3 aromatic carbocycles. The second-order valence-corrected chi connectivity index (χ2v) is 11.9. The van der Waals surface area contributed by atoms with E-state index >= 15 is 0 Å². The highest BCUT2D eigenvalue weighted by Gasteiger charge is 2.40. The molecular formula is C27H28Cl2N4O4S. The number of carbonyl (C=O) groups excluding carboxylic acids is 2. The third kappa shape index (κ3) is 6.66. The Morgan fingerprint density at radius 2 is 1.68 bits per heavy atom. The number of nitrogens with one attached hydrogen (secondary N) is 1. The number of nitrogens with two attached hydrogens (primary N) is 1. The molecular weight excluding hydrogens is 547 g/mol. The fourth-order valence-electron chi connectivity index (χ4n) is 4.64. The summed E-state index contributed by atoms with van der Waals surface area (Å²) in [7, 11) is -3.66. The Labute approximate surface area is 232 Å². The average Bonchev–Trinajstić information content (AvgIpc) is 2.83. The van der Waals surface area contributed by atoms with Gasteiger partial charge in [0.15, 0.2) is 0 Å². The van der Waals surface area contributed by atoms with Gasteiger partial charge >= 0.3 is 0 Å². The minimum atomic E-state index is -3.66. The lowest BCUT2D eigenvalue weighted by atomic mass is 9.93. The minimum absolute atomic E-state index is 0.0141. The van der Waals surface area contributed by atoms with Crippen LogP contribution in [-0.4, -0.2) is 57.1 Å². The van der Waals surface area contributed by atoms with Gasteiger partial charge in [0.2, 0.25) is 15.9 Å². The van der Waals surface area contributed by atoms with Crippen molar-refractivity contribution in [2.45, 2.75) is 18.5 Å². The lowest BCUT2D eigenvalue weighted by Gasteiger charge is -2.48. The van der Waals surface area contributed by atoms with Gasteiger partial charge in [-0.1, -0.05) is 53.5 Å². The molecule has 0 aromatic heterocycles. The lowest BCUT2D eigenvalue weighted by molar-refractivity contribution is -0.117. The van der Waals surface area contributed by atoms with Crippen LogP contribution in [0.1, 0.15) is 33.9 Å². The van der Waals surface area contributed by atoms with Gasteiger partial charge in [0.05, 0.1) is 24.0 Å². The van der Waals surface area contributed by atoms with Crippen LogP contribution in [0.3, 0.4) is 0 Å². The molecule has 0 bridgehead atoms. The molecule has 4 rings (SSSR count). The van der Waals surface area contributed by atoms with E-state index in [0.717, 1.165) is 17.4 Å². The average molecular weight is 576 g/mol. The Morgan fingerprint density at radius 3 is 2.32 bits per heavy atom. The third-order valence-electron chi connectivity index (χ3n) is 6.31. The third-order valence-corrected chi connectivity index (χ3v) is 8.03. The molecule has 0 aliphatic carbocycles. The van der Waals surface area contributed by atoms with Crippen LogP contribution in [0, 0.1) is 0 Å². The molecule has 0 saturated carbocycles. The van der Waals surface area contributed by atoms with Crippen LogP contribution < -0.4 is 15.4 Å². The van der Waals surface area contributed by atoms with E-state index in [-0.39, 0.29) is 30.6 Å².